The highest BCUT2D eigenvalue weighted by molar-refractivity contribution is 7.89. The van der Waals surface area contributed by atoms with Gasteiger partial charge in [0.2, 0.25) is 10.0 Å². The fraction of sp³-hybridized carbons (Fsp3) is 0.455. The van der Waals surface area contributed by atoms with E-state index in [-0.39, 0.29) is 4.90 Å². The minimum atomic E-state index is -3.48. The molecule has 18 heavy (non-hydrogen) atoms. The van der Waals surface area contributed by atoms with Gasteiger partial charge in [0.25, 0.3) is 0 Å². The van der Waals surface area contributed by atoms with Crippen LogP contribution in [0.4, 0.5) is 11.4 Å². The molecule has 0 saturated carbocycles. The van der Waals surface area contributed by atoms with Gasteiger partial charge in [0.1, 0.15) is 0 Å². The maximum atomic E-state index is 11.9. The van der Waals surface area contributed by atoms with Gasteiger partial charge in [0, 0.05) is 20.6 Å². The van der Waals surface area contributed by atoms with Gasteiger partial charge in [-0.3, -0.25) is 0 Å². The molecule has 0 spiro atoms. The Kier molecular flexibility index (Phi) is 4.55. The van der Waals surface area contributed by atoms with Crippen molar-refractivity contribution in [1.82, 2.24) is 4.31 Å². The highest BCUT2D eigenvalue weighted by Gasteiger charge is 2.18. The SMILES string of the molecule is CC(O)CNc1cc(S(=O)(=O)N(C)C)ccc1N. The number of rotatable bonds is 5. The van der Waals surface area contributed by atoms with Gasteiger partial charge in [0.15, 0.2) is 0 Å². The van der Waals surface area contributed by atoms with Crippen LogP contribution in [0.1, 0.15) is 6.92 Å². The smallest absolute Gasteiger partial charge is 0.242 e. The first-order chi connectivity index (χ1) is 8.25. The third-order valence-electron chi connectivity index (χ3n) is 2.39. The van der Waals surface area contributed by atoms with Crippen molar-refractivity contribution in [2.45, 2.75) is 17.9 Å². The molecule has 1 aromatic rings. The van der Waals surface area contributed by atoms with Crippen LogP contribution in [0.15, 0.2) is 23.1 Å². The maximum Gasteiger partial charge on any atom is 0.242 e. The van der Waals surface area contributed by atoms with E-state index in [9.17, 15) is 13.5 Å². The summed E-state index contributed by atoms with van der Waals surface area (Å²) in [5.74, 6) is 0. The van der Waals surface area contributed by atoms with Crippen LogP contribution in [0.25, 0.3) is 0 Å². The Labute approximate surface area is 107 Å². The van der Waals surface area contributed by atoms with Crippen LogP contribution in [0, 0.1) is 0 Å². The first kappa shape index (κ1) is 14.7. The minimum Gasteiger partial charge on any atom is -0.397 e. The normalized spacial score (nSPS) is 13.6. The summed E-state index contributed by atoms with van der Waals surface area (Å²) in [6.45, 7) is 1.93. The summed E-state index contributed by atoms with van der Waals surface area (Å²) >= 11 is 0. The third-order valence-corrected chi connectivity index (χ3v) is 4.20. The van der Waals surface area contributed by atoms with Crippen molar-refractivity contribution < 1.29 is 13.5 Å². The summed E-state index contributed by atoms with van der Waals surface area (Å²) in [6, 6.07) is 4.45. The molecule has 0 aliphatic carbocycles. The number of sulfonamides is 1. The summed E-state index contributed by atoms with van der Waals surface area (Å²) in [5.41, 5.74) is 6.68. The highest BCUT2D eigenvalue weighted by atomic mass is 32.2. The molecule has 1 rings (SSSR count). The van der Waals surface area contributed by atoms with Crippen molar-refractivity contribution in [2.75, 3.05) is 31.7 Å². The quantitative estimate of drug-likeness (QED) is 0.671. The summed E-state index contributed by atoms with van der Waals surface area (Å²) in [4.78, 5) is 0.162. The van der Waals surface area contributed by atoms with Gasteiger partial charge >= 0.3 is 0 Å². The zero-order valence-corrected chi connectivity index (χ0v) is 11.5. The number of nitrogens with zero attached hydrogens (tertiary/aromatic N) is 1. The van der Waals surface area contributed by atoms with E-state index in [0.717, 1.165) is 4.31 Å². The Morgan fingerprint density at radius 3 is 2.56 bits per heavy atom. The number of anilines is 2. The third kappa shape index (κ3) is 3.34. The predicted octanol–water partition coefficient (Wildman–Crippen LogP) is 0.312. The van der Waals surface area contributed by atoms with Crippen LogP contribution < -0.4 is 11.1 Å². The summed E-state index contributed by atoms with van der Waals surface area (Å²) in [5, 5.41) is 12.1. The number of hydrogen-bond acceptors (Lipinski definition) is 5. The zero-order chi connectivity index (χ0) is 13.9. The van der Waals surface area contributed by atoms with Crippen LogP contribution in [0.2, 0.25) is 0 Å². The van der Waals surface area contributed by atoms with Gasteiger partial charge in [-0.05, 0) is 25.1 Å². The molecule has 4 N–H and O–H groups in total. The number of aliphatic hydroxyl groups is 1. The first-order valence-electron chi connectivity index (χ1n) is 5.49. The molecule has 0 aromatic heterocycles. The number of hydrogen-bond donors (Lipinski definition) is 3. The number of benzene rings is 1. The second kappa shape index (κ2) is 5.55. The highest BCUT2D eigenvalue weighted by Crippen LogP contribution is 2.24. The minimum absolute atomic E-state index is 0.162. The van der Waals surface area contributed by atoms with E-state index in [2.05, 4.69) is 5.32 Å². The van der Waals surface area contributed by atoms with Crippen LogP contribution in [-0.4, -0.2) is 44.6 Å². The number of nitrogens with one attached hydrogen (secondary N) is 1. The molecule has 0 saturated heterocycles. The van der Waals surface area contributed by atoms with Gasteiger partial charge in [-0.15, -0.1) is 0 Å². The second-order valence-electron chi connectivity index (χ2n) is 4.27. The van der Waals surface area contributed by atoms with Crippen molar-refractivity contribution in [1.29, 1.82) is 0 Å². The largest absolute Gasteiger partial charge is 0.397 e. The van der Waals surface area contributed by atoms with Gasteiger partial charge in [0.05, 0.1) is 22.4 Å². The molecule has 0 heterocycles. The van der Waals surface area contributed by atoms with Gasteiger partial charge in [-0.1, -0.05) is 0 Å². The summed E-state index contributed by atoms with van der Waals surface area (Å²) < 4.78 is 25.0. The zero-order valence-electron chi connectivity index (χ0n) is 10.7. The van der Waals surface area contributed by atoms with Crippen molar-refractivity contribution in [3.8, 4) is 0 Å². The Hall–Kier alpha value is -1.31. The molecule has 0 radical (unpaired) electrons. The molecule has 102 valence electrons. The second-order valence-corrected chi connectivity index (χ2v) is 6.42. The fourth-order valence-electron chi connectivity index (χ4n) is 1.32. The van der Waals surface area contributed by atoms with Crippen LogP contribution in [-0.2, 0) is 10.0 Å². The molecule has 7 heteroatoms. The van der Waals surface area contributed by atoms with Crippen molar-refractivity contribution >= 4 is 21.4 Å². The van der Waals surface area contributed by atoms with E-state index in [1.54, 1.807) is 6.92 Å². The predicted molar refractivity (Wildman–Crippen MR) is 71.9 cm³/mol. The first-order valence-corrected chi connectivity index (χ1v) is 6.93. The maximum absolute atomic E-state index is 11.9. The number of nitrogen functional groups attached to an aromatic ring is 1. The Morgan fingerprint density at radius 2 is 2.06 bits per heavy atom. The van der Waals surface area contributed by atoms with E-state index < -0.39 is 16.1 Å². The average molecular weight is 273 g/mol. The molecular weight excluding hydrogens is 254 g/mol. The topological polar surface area (TPSA) is 95.7 Å². The number of nitrogens with two attached hydrogens (primary N) is 1. The van der Waals surface area contributed by atoms with Crippen molar-refractivity contribution in [3.63, 3.8) is 0 Å². The molecule has 0 aliphatic heterocycles. The fourth-order valence-corrected chi connectivity index (χ4v) is 2.25. The van der Waals surface area contributed by atoms with Gasteiger partial charge in [-0.2, -0.15) is 0 Å². The lowest BCUT2D eigenvalue weighted by Crippen LogP contribution is -2.22. The van der Waals surface area contributed by atoms with E-state index in [4.69, 9.17) is 5.73 Å². The molecule has 1 atom stereocenters. The van der Waals surface area contributed by atoms with E-state index >= 15 is 0 Å². The van der Waals surface area contributed by atoms with Crippen LogP contribution >= 0.6 is 0 Å². The van der Waals surface area contributed by atoms with Crippen LogP contribution in [0.3, 0.4) is 0 Å². The Bertz CT molecular complexity index is 512. The standard InChI is InChI=1S/C11H19N3O3S/c1-8(15)7-13-11-6-9(4-5-10(11)12)18(16,17)14(2)3/h4-6,8,13,15H,7,12H2,1-3H3. The molecule has 6 nitrogen and oxygen atoms in total. The van der Waals surface area contributed by atoms with Gasteiger partial charge in [-0.25, -0.2) is 12.7 Å². The summed E-state index contributed by atoms with van der Waals surface area (Å²) in [7, 11) is -0.546. The van der Waals surface area contributed by atoms with Crippen LogP contribution in [0.5, 0.6) is 0 Å². The van der Waals surface area contributed by atoms with Crippen molar-refractivity contribution in [2.24, 2.45) is 0 Å². The Balaban J connectivity index is 3.08. The van der Waals surface area contributed by atoms with E-state index in [1.807, 2.05) is 0 Å². The average Bonchev–Trinajstić information content (AvgIpc) is 2.27. The molecule has 1 aromatic carbocycles. The van der Waals surface area contributed by atoms with E-state index in [0.29, 0.717) is 17.9 Å². The lowest BCUT2D eigenvalue weighted by atomic mass is 10.2. The molecule has 1 unspecified atom stereocenters. The monoisotopic (exact) mass is 273 g/mol. The lowest BCUT2D eigenvalue weighted by molar-refractivity contribution is 0.208. The Morgan fingerprint density at radius 1 is 1.44 bits per heavy atom. The van der Waals surface area contributed by atoms with Gasteiger partial charge < -0.3 is 16.2 Å². The summed E-state index contributed by atoms with van der Waals surface area (Å²) in [6.07, 6.45) is -0.543. The van der Waals surface area contributed by atoms with E-state index in [1.165, 1.54) is 32.3 Å². The number of aliphatic hydroxyl groups excluding tert-OH is 1. The van der Waals surface area contributed by atoms with Crippen molar-refractivity contribution in [3.05, 3.63) is 18.2 Å². The molecule has 0 amide bonds. The molecule has 0 fully saturated rings. The molecule has 0 bridgehead atoms. The molecule has 0 aliphatic rings. The molecular formula is C11H19N3O3S. The lowest BCUT2D eigenvalue weighted by Gasteiger charge is -2.15.